The van der Waals surface area contributed by atoms with Gasteiger partial charge in [0.1, 0.15) is 0 Å². The van der Waals surface area contributed by atoms with Crippen molar-refractivity contribution in [2.75, 3.05) is 19.6 Å². The average Bonchev–Trinajstić information content (AvgIpc) is 2.64. The molecule has 138 valence electrons. The zero-order valence-corrected chi connectivity index (χ0v) is 16.2. The van der Waals surface area contributed by atoms with Crippen LogP contribution in [0.15, 0.2) is 18.2 Å². The van der Waals surface area contributed by atoms with Gasteiger partial charge in [0.2, 0.25) is 5.91 Å². The third kappa shape index (κ3) is 4.25. The summed E-state index contributed by atoms with van der Waals surface area (Å²) in [4.78, 5) is 15.3. The molecule has 2 fully saturated rings. The lowest BCUT2D eigenvalue weighted by Gasteiger charge is -2.38. The highest BCUT2D eigenvalue weighted by Crippen LogP contribution is 2.35. The fraction of sp³-hybridized carbons (Fsp3) is 0.682. The van der Waals surface area contributed by atoms with E-state index in [4.69, 9.17) is 0 Å². The van der Waals surface area contributed by atoms with Crippen LogP contribution in [0, 0.1) is 25.7 Å². The Morgan fingerprint density at radius 2 is 1.96 bits per heavy atom. The number of amides is 1. The number of hydrogen-bond donors (Lipinski definition) is 1. The largest absolute Gasteiger partial charge is 0.336 e. The van der Waals surface area contributed by atoms with Crippen LogP contribution < -0.4 is 5.32 Å². The maximum Gasteiger partial charge on any atom is 0.223 e. The van der Waals surface area contributed by atoms with Crippen molar-refractivity contribution >= 4 is 5.91 Å². The molecule has 0 aromatic heterocycles. The Hall–Kier alpha value is -1.35. The molecule has 2 saturated heterocycles. The lowest BCUT2D eigenvalue weighted by atomic mass is 9.83. The minimum atomic E-state index is 0.279. The van der Waals surface area contributed by atoms with E-state index in [1.165, 1.54) is 36.0 Å². The van der Waals surface area contributed by atoms with E-state index in [9.17, 15) is 4.79 Å². The molecule has 0 spiro atoms. The normalized spacial score (nSPS) is 23.5. The summed E-state index contributed by atoms with van der Waals surface area (Å²) in [5.41, 5.74) is 4.06. The van der Waals surface area contributed by atoms with E-state index in [0.29, 0.717) is 24.2 Å². The number of carbonyl (C=O) groups excluding carboxylic acids is 1. The average molecular weight is 343 g/mol. The van der Waals surface area contributed by atoms with E-state index in [1.54, 1.807) is 0 Å². The maximum atomic E-state index is 13.1. The van der Waals surface area contributed by atoms with Crippen molar-refractivity contribution in [2.45, 2.75) is 65.3 Å². The van der Waals surface area contributed by atoms with Gasteiger partial charge in [0, 0.05) is 13.0 Å². The smallest absolute Gasteiger partial charge is 0.223 e. The Bertz CT molecular complexity index is 592. The Morgan fingerprint density at radius 3 is 2.72 bits per heavy atom. The molecule has 25 heavy (non-hydrogen) atoms. The number of carbonyl (C=O) groups is 1. The highest BCUT2D eigenvalue weighted by Gasteiger charge is 2.31. The molecule has 2 aliphatic heterocycles. The third-order valence-electron chi connectivity index (χ3n) is 6.51. The summed E-state index contributed by atoms with van der Waals surface area (Å²) in [6.07, 6.45) is 6.63. The number of benzene rings is 1. The molecule has 2 heterocycles. The molecule has 0 bridgehead atoms. The van der Waals surface area contributed by atoms with Gasteiger partial charge in [-0.15, -0.1) is 0 Å². The van der Waals surface area contributed by atoms with Crippen molar-refractivity contribution in [3.63, 3.8) is 0 Å². The van der Waals surface area contributed by atoms with Crippen molar-refractivity contribution in [1.82, 2.24) is 10.2 Å². The lowest BCUT2D eigenvalue weighted by Crippen LogP contribution is -2.40. The van der Waals surface area contributed by atoms with Crippen LogP contribution in [0.4, 0.5) is 0 Å². The van der Waals surface area contributed by atoms with Crippen molar-refractivity contribution in [3.8, 4) is 0 Å². The highest BCUT2D eigenvalue weighted by atomic mass is 16.2. The molecular formula is C22H34N2O. The second kappa shape index (κ2) is 8.35. The van der Waals surface area contributed by atoms with E-state index in [2.05, 4.69) is 49.2 Å². The number of nitrogens with zero attached hydrogens (tertiary/aromatic N) is 1. The molecule has 3 nitrogen and oxygen atoms in total. The van der Waals surface area contributed by atoms with Crippen molar-refractivity contribution in [1.29, 1.82) is 0 Å². The zero-order chi connectivity index (χ0) is 17.8. The van der Waals surface area contributed by atoms with Crippen molar-refractivity contribution < 1.29 is 4.79 Å². The van der Waals surface area contributed by atoms with Crippen LogP contribution in [0.3, 0.4) is 0 Å². The molecular weight excluding hydrogens is 308 g/mol. The van der Waals surface area contributed by atoms with Gasteiger partial charge in [-0.3, -0.25) is 4.79 Å². The lowest BCUT2D eigenvalue weighted by molar-refractivity contribution is -0.136. The molecule has 3 rings (SSSR count). The summed E-state index contributed by atoms with van der Waals surface area (Å²) in [5.74, 6) is 1.57. The Labute approximate surface area is 153 Å². The topological polar surface area (TPSA) is 32.3 Å². The zero-order valence-electron chi connectivity index (χ0n) is 16.2. The number of rotatable bonds is 4. The van der Waals surface area contributed by atoms with Crippen LogP contribution in [-0.2, 0) is 4.79 Å². The third-order valence-corrected chi connectivity index (χ3v) is 6.51. The van der Waals surface area contributed by atoms with Crippen LogP contribution in [0.5, 0.6) is 0 Å². The van der Waals surface area contributed by atoms with Crippen LogP contribution in [0.25, 0.3) is 0 Å². The summed E-state index contributed by atoms with van der Waals surface area (Å²) < 4.78 is 0. The number of hydrogen-bond acceptors (Lipinski definition) is 2. The first-order valence-electron chi connectivity index (χ1n) is 10.1. The van der Waals surface area contributed by atoms with Gasteiger partial charge in [0.15, 0.2) is 0 Å². The van der Waals surface area contributed by atoms with Crippen LogP contribution in [0.1, 0.15) is 68.2 Å². The Kier molecular flexibility index (Phi) is 6.16. The molecule has 0 saturated carbocycles. The van der Waals surface area contributed by atoms with Gasteiger partial charge < -0.3 is 10.2 Å². The molecule has 2 unspecified atom stereocenters. The fourth-order valence-electron chi connectivity index (χ4n) is 4.66. The highest BCUT2D eigenvalue weighted by molar-refractivity contribution is 5.77. The van der Waals surface area contributed by atoms with Crippen LogP contribution >= 0.6 is 0 Å². The molecule has 3 heteroatoms. The van der Waals surface area contributed by atoms with Gasteiger partial charge >= 0.3 is 0 Å². The predicted octanol–water partition coefficient (Wildman–Crippen LogP) is 4.38. The second-order valence-corrected chi connectivity index (χ2v) is 8.16. The van der Waals surface area contributed by atoms with E-state index >= 15 is 0 Å². The fourth-order valence-corrected chi connectivity index (χ4v) is 4.66. The molecule has 2 aliphatic rings. The van der Waals surface area contributed by atoms with Gasteiger partial charge in [-0.25, -0.2) is 0 Å². The van der Waals surface area contributed by atoms with E-state index < -0.39 is 0 Å². The predicted molar refractivity (Wildman–Crippen MR) is 104 cm³/mol. The second-order valence-electron chi connectivity index (χ2n) is 8.16. The molecule has 2 atom stereocenters. The number of likely N-dealkylation sites (tertiary alicyclic amines) is 1. The molecule has 0 aliphatic carbocycles. The molecule has 1 aromatic rings. The van der Waals surface area contributed by atoms with E-state index in [0.717, 1.165) is 32.5 Å². The molecule has 1 amide bonds. The first-order chi connectivity index (χ1) is 12.1. The van der Waals surface area contributed by atoms with Gasteiger partial charge in [0.25, 0.3) is 0 Å². The van der Waals surface area contributed by atoms with E-state index in [-0.39, 0.29) is 6.04 Å². The summed E-state index contributed by atoms with van der Waals surface area (Å²) in [5, 5.41) is 3.43. The van der Waals surface area contributed by atoms with Gasteiger partial charge in [-0.1, -0.05) is 25.1 Å². The van der Waals surface area contributed by atoms with Crippen molar-refractivity contribution in [2.24, 2.45) is 11.8 Å². The quantitative estimate of drug-likeness (QED) is 0.880. The maximum absolute atomic E-state index is 13.1. The van der Waals surface area contributed by atoms with Crippen molar-refractivity contribution in [3.05, 3.63) is 34.9 Å². The van der Waals surface area contributed by atoms with Crippen LogP contribution in [0.2, 0.25) is 0 Å². The number of piperidine rings is 2. The molecule has 1 N–H and O–H groups in total. The Morgan fingerprint density at radius 1 is 1.20 bits per heavy atom. The van der Waals surface area contributed by atoms with E-state index in [1.807, 2.05) is 0 Å². The van der Waals surface area contributed by atoms with Gasteiger partial charge in [-0.2, -0.15) is 0 Å². The Balaban J connectivity index is 1.71. The van der Waals surface area contributed by atoms with Gasteiger partial charge in [0.05, 0.1) is 6.04 Å². The molecule has 1 aromatic carbocycles. The minimum Gasteiger partial charge on any atom is -0.336 e. The molecule has 0 radical (unpaired) electrons. The summed E-state index contributed by atoms with van der Waals surface area (Å²) >= 11 is 0. The standard InChI is InChI=1S/C22H34N2O/c1-16-7-6-8-20(18(16)3)21-9-4-5-14-24(21)22(25)15-17(2)19-10-12-23-13-11-19/h6-8,17,19,21,23H,4-5,9-15H2,1-3H3. The minimum absolute atomic E-state index is 0.279. The number of nitrogens with one attached hydrogen (secondary N) is 1. The summed E-state index contributed by atoms with van der Waals surface area (Å²) in [7, 11) is 0. The van der Waals surface area contributed by atoms with Crippen LogP contribution in [-0.4, -0.2) is 30.4 Å². The number of aryl methyl sites for hydroxylation is 1. The first-order valence-corrected chi connectivity index (χ1v) is 10.1. The summed E-state index contributed by atoms with van der Waals surface area (Å²) in [6.45, 7) is 9.81. The summed E-state index contributed by atoms with van der Waals surface area (Å²) in [6, 6.07) is 6.83. The SMILES string of the molecule is Cc1cccc(C2CCCCN2C(=O)CC(C)C2CCNCC2)c1C. The first kappa shape index (κ1) is 18.4. The van der Waals surface area contributed by atoms with Gasteiger partial charge in [-0.05, 0) is 87.6 Å². The monoisotopic (exact) mass is 342 g/mol.